The Morgan fingerprint density at radius 2 is 1.83 bits per heavy atom. The SMILES string of the molecule is CCCCCCCCCCC#C[C@H]1O[C@@H]2CC(=O)O[C@H]1[C@H]2OC. The van der Waals surface area contributed by atoms with E-state index in [1.165, 1.54) is 44.9 Å². The summed E-state index contributed by atoms with van der Waals surface area (Å²) in [5, 5.41) is 0. The van der Waals surface area contributed by atoms with Crippen molar-refractivity contribution < 1.29 is 19.0 Å². The number of fused-ring (bicyclic) bond motifs is 2. The topological polar surface area (TPSA) is 44.8 Å². The van der Waals surface area contributed by atoms with Crippen molar-refractivity contribution in [3.8, 4) is 11.8 Å². The third-order valence-electron chi connectivity index (χ3n) is 4.62. The molecule has 0 saturated carbocycles. The van der Waals surface area contributed by atoms with Crippen LogP contribution in [-0.2, 0) is 19.0 Å². The average Bonchev–Trinajstić information content (AvgIpc) is 2.76. The predicted octanol–water partition coefficient (Wildman–Crippen LogP) is 3.62. The first-order valence-electron chi connectivity index (χ1n) is 9.12. The highest BCUT2D eigenvalue weighted by Crippen LogP contribution is 2.32. The molecule has 2 heterocycles. The lowest BCUT2D eigenvalue weighted by Crippen LogP contribution is -2.43. The smallest absolute Gasteiger partial charge is 0.309 e. The molecule has 0 aromatic carbocycles. The van der Waals surface area contributed by atoms with Gasteiger partial charge in [-0.15, -0.1) is 5.92 Å². The average molecular weight is 322 g/mol. The number of rotatable bonds is 9. The summed E-state index contributed by atoms with van der Waals surface area (Å²) in [6, 6.07) is 0. The van der Waals surface area contributed by atoms with E-state index in [0.717, 1.165) is 12.8 Å². The molecule has 0 radical (unpaired) electrons. The minimum Gasteiger partial charge on any atom is -0.456 e. The number of unbranched alkanes of at least 4 members (excludes halogenated alkanes) is 8. The maximum absolute atomic E-state index is 11.5. The van der Waals surface area contributed by atoms with E-state index in [-0.39, 0.29) is 36.8 Å². The standard InChI is InChI=1S/C19H30O4/c1-3-4-5-6-7-8-9-10-11-12-13-15-19-18(21-2)16(22-15)14-17(20)23-19/h15-16,18-19H,3-11,14H2,1-2H3/t15-,16-,18+,19-/m1/s1. The first kappa shape index (κ1) is 18.3. The highest BCUT2D eigenvalue weighted by atomic mass is 16.6. The minimum atomic E-state index is -0.364. The summed E-state index contributed by atoms with van der Waals surface area (Å²) in [6.07, 6.45) is 10.5. The van der Waals surface area contributed by atoms with Gasteiger partial charge in [0.25, 0.3) is 0 Å². The van der Waals surface area contributed by atoms with E-state index < -0.39 is 0 Å². The van der Waals surface area contributed by atoms with Crippen LogP contribution in [0.1, 0.15) is 71.1 Å². The number of ether oxygens (including phenoxy) is 3. The second kappa shape index (κ2) is 9.95. The molecule has 2 aliphatic rings. The highest BCUT2D eigenvalue weighted by Gasteiger charge is 2.51. The molecule has 0 aliphatic carbocycles. The fourth-order valence-corrected chi connectivity index (χ4v) is 3.31. The summed E-state index contributed by atoms with van der Waals surface area (Å²) >= 11 is 0. The van der Waals surface area contributed by atoms with Crippen LogP contribution in [0, 0.1) is 11.8 Å². The van der Waals surface area contributed by atoms with Gasteiger partial charge in [0.1, 0.15) is 6.10 Å². The summed E-state index contributed by atoms with van der Waals surface area (Å²) in [7, 11) is 1.63. The molecule has 23 heavy (non-hydrogen) atoms. The van der Waals surface area contributed by atoms with Crippen LogP contribution in [0.25, 0.3) is 0 Å². The van der Waals surface area contributed by atoms with Crippen LogP contribution in [-0.4, -0.2) is 37.5 Å². The highest BCUT2D eigenvalue weighted by molar-refractivity contribution is 5.72. The Morgan fingerprint density at radius 3 is 2.52 bits per heavy atom. The van der Waals surface area contributed by atoms with Gasteiger partial charge < -0.3 is 14.2 Å². The van der Waals surface area contributed by atoms with Crippen molar-refractivity contribution in [1.29, 1.82) is 0 Å². The predicted molar refractivity (Wildman–Crippen MR) is 89.0 cm³/mol. The summed E-state index contributed by atoms with van der Waals surface area (Å²) in [6.45, 7) is 2.25. The van der Waals surface area contributed by atoms with Gasteiger partial charge in [-0.05, 0) is 6.42 Å². The van der Waals surface area contributed by atoms with Crippen molar-refractivity contribution in [2.75, 3.05) is 7.11 Å². The van der Waals surface area contributed by atoms with Gasteiger partial charge in [-0.1, -0.05) is 57.8 Å². The van der Waals surface area contributed by atoms with Crippen LogP contribution in [0.15, 0.2) is 0 Å². The molecule has 2 fully saturated rings. The van der Waals surface area contributed by atoms with Gasteiger partial charge in [0.05, 0.1) is 12.5 Å². The molecule has 0 amide bonds. The van der Waals surface area contributed by atoms with Crippen molar-refractivity contribution in [1.82, 2.24) is 0 Å². The molecule has 2 saturated heterocycles. The molecule has 4 nitrogen and oxygen atoms in total. The second-order valence-corrected chi connectivity index (χ2v) is 6.50. The van der Waals surface area contributed by atoms with E-state index in [1.54, 1.807) is 7.11 Å². The van der Waals surface area contributed by atoms with Crippen LogP contribution in [0.5, 0.6) is 0 Å². The molecule has 0 aromatic heterocycles. The Bertz CT molecular complexity index is 423. The van der Waals surface area contributed by atoms with E-state index in [1.807, 2.05) is 0 Å². The van der Waals surface area contributed by atoms with Crippen LogP contribution >= 0.6 is 0 Å². The van der Waals surface area contributed by atoms with Gasteiger partial charge in [0.15, 0.2) is 12.2 Å². The van der Waals surface area contributed by atoms with Gasteiger partial charge >= 0.3 is 5.97 Å². The molecule has 0 N–H and O–H groups in total. The molecule has 0 aromatic rings. The Kier molecular flexibility index (Phi) is 7.91. The lowest BCUT2D eigenvalue weighted by Gasteiger charge is -2.26. The zero-order chi connectivity index (χ0) is 16.5. The summed E-state index contributed by atoms with van der Waals surface area (Å²) in [4.78, 5) is 11.5. The van der Waals surface area contributed by atoms with Crippen LogP contribution in [0.3, 0.4) is 0 Å². The van der Waals surface area contributed by atoms with Gasteiger partial charge in [-0.2, -0.15) is 0 Å². The van der Waals surface area contributed by atoms with Crippen molar-refractivity contribution in [3.63, 3.8) is 0 Å². The Hall–Kier alpha value is -1.05. The second-order valence-electron chi connectivity index (χ2n) is 6.50. The number of hydrogen-bond acceptors (Lipinski definition) is 4. The molecule has 0 spiro atoms. The molecular weight excluding hydrogens is 292 g/mol. The molecule has 4 atom stereocenters. The molecular formula is C19H30O4. The van der Waals surface area contributed by atoms with Crippen LogP contribution in [0.2, 0.25) is 0 Å². The Balaban J connectivity index is 1.61. The number of esters is 1. The van der Waals surface area contributed by atoms with Gasteiger partial charge in [-0.3, -0.25) is 4.79 Å². The van der Waals surface area contributed by atoms with Crippen LogP contribution < -0.4 is 0 Å². The first-order valence-corrected chi connectivity index (χ1v) is 9.12. The minimum absolute atomic E-state index is 0.171. The molecule has 2 aliphatic heterocycles. The van der Waals surface area contributed by atoms with Crippen LogP contribution in [0.4, 0.5) is 0 Å². The van der Waals surface area contributed by atoms with E-state index in [9.17, 15) is 4.79 Å². The van der Waals surface area contributed by atoms with E-state index in [2.05, 4.69) is 18.8 Å². The third-order valence-corrected chi connectivity index (χ3v) is 4.62. The lowest BCUT2D eigenvalue weighted by molar-refractivity contribution is -0.163. The summed E-state index contributed by atoms with van der Waals surface area (Å²) in [5.74, 6) is 6.11. The molecule has 0 unspecified atom stereocenters. The Labute approximate surface area is 140 Å². The normalized spacial score (nSPS) is 29.0. The monoisotopic (exact) mass is 322 g/mol. The number of hydrogen-bond donors (Lipinski definition) is 0. The molecule has 130 valence electrons. The van der Waals surface area contributed by atoms with E-state index in [0.29, 0.717) is 0 Å². The Morgan fingerprint density at radius 1 is 1.13 bits per heavy atom. The number of methoxy groups -OCH3 is 1. The van der Waals surface area contributed by atoms with Gasteiger partial charge in [-0.25, -0.2) is 0 Å². The first-order chi connectivity index (χ1) is 11.3. The molecule has 4 heteroatoms. The van der Waals surface area contributed by atoms with Crippen molar-refractivity contribution in [2.45, 2.75) is 95.5 Å². The summed E-state index contributed by atoms with van der Waals surface area (Å²) in [5.41, 5.74) is 0. The maximum atomic E-state index is 11.5. The fourth-order valence-electron chi connectivity index (χ4n) is 3.31. The lowest BCUT2D eigenvalue weighted by atomic mass is 10.0. The number of carbonyl (C=O) groups excluding carboxylic acids is 1. The molecule has 2 bridgehead atoms. The fraction of sp³-hybridized carbons (Fsp3) is 0.842. The van der Waals surface area contributed by atoms with E-state index >= 15 is 0 Å². The van der Waals surface area contributed by atoms with Gasteiger partial charge in [0, 0.05) is 13.5 Å². The zero-order valence-corrected chi connectivity index (χ0v) is 14.5. The van der Waals surface area contributed by atoms with Crippen molar-refractivity contribution in [3.05, 3.63) is 0 Å². The zero-order valence-electron chi connectivity index (χ0n) is 14.5. The third kappa shape index (κ3) is 5.51. The van der Waals surface area contributed by atoms with Crippen molar-refractivity contribution in [2.24, 2.45) is 0 Å². The molecule has 2 rings (SSSR count). The van der Waals surface area contributed by atoms with Gasteiger partial charge in [0.2, 0.25) is 0 Å². The summed E-state index contributed by atoms with van der Waals surface area (Å²) < 4.78 is 16.5. The quantitative estimate of drug-likeness (QED) is 0.369. The maximum Gasteiger partial charge on any atom is 0.309 e. The van der Waals surface area contributed by atoms with Crippen molar-refractivity contribution >= 4 is 5.97 Å². The largest absolute Gasteiger partial charge is 0.456 e. The number of carbonyl (C=O) groups is 1. The van der Waals surface area contributed by atoms with E-state index in [4.69, 9.17) is 14.2 Å².